The molecule has 0 bridgehead atoms. The average Bonchev–Trinajstić information content (AvgIpc) is 3.15. The number of hydrogen-bond acceptors (Lipinski definition) is 7. The van der Waals surface area contributed by atoms with Crippen LogP contribution in [0.1, 0.15) is 43.7 Å². The van der Waals surface area contributed by atoms with E-state index in [1.54, 1.807) is 17.8 Å². The van der Waals surface area contributed by atoms with Gasteiger partial charge in [-0.3, -0.25) is 0 Å². The number of fused-ring (bicyclic) bond motifs is 1. The first-order chi connectivity index (χ1) is 14.2. The van der Waals surface area contributed by atoms with E-state index in [0.29, 0.717) is 23.9 Å². The summed E-state index contributed by atoms with van der Waals surface area (Å²) in [5, 5.41) is 22.9. The van der Waals surface area contributed by atoms with Gasteiger partial charge in [0.25, 0.3) is 0 Å². The van der Waals surface area contributed by atoms with Gasteiger partial charge >= 0.3 is 0 Å². The van der Waals surface area contributed by atoms with Gasteiger partial charge in [0.05, 0.1) is 12.1 Å². The minimum atomic E-state index is -0.439. The molecule has 150 valence electrons. The zero-order valence-corrected chi connectivity index (χ0v) is 17.1. The van der Waals surface area contributed by atoms with E-state index in [4.69, 9.17) is 9.97 Å². The molecule has 29 heavy (non-hydrogen) atoms. The molecular formula is C21H24N6OS. The molecule has 2 aromatic heterocycles. The lowest BCUT2D eigenvalue weighted by atomic mass is 10.1. The molecule has 3 aromatic rings. The maximum absolute atomic E-state index is 9.86. The normalized spacial score (nSPS) is 25.6. The number of aliphatic hydroxyl groups is 1. The Morgan fingerprint density at radius 2 is 2.03 bits per heavy atom. The molecule has 1 fully saturated rings. The first-order valence-electron chi connectivity index (χ1n) is 10.2. The number of rotatable bonds is 7. The van der Waals surface area contributed by atoms with Crippen molar-refractivity contribution in [3.8, 4) is 0 Å². The van der Waals surface area contributed by atoms with Crippen molar-refractivity contribution >= 4 is 28.7 Å². The minimum absolute atomic E-state index is 0.0280. The molecule has 4 atom stereocenters. The van der Waals surface area contributed by atoms with E-state index >= 15 is 0 Å². The molecule has 1 aromatic carbocycles. The summed E-state index contributed by atoms with van der Waals surface area (Å²) in [4.78, 5) is 9.50. The van der Waals surface area contributed by atoms with Crippen LogP contribution in [0, 0.1) is 0 Å². The molecule has 2 aliphatic rings. The van der Waals surface area contributed by atoms with Crippen molar-refractivity contribution in [1.29, 1.82) is 0 Å². The van der Waals surface area contributed by atoms with Crippen LogP contribution in [0.25, 0.3) is 11.2 Å². The lowest BCUT2D eigenvalue weighted by molar-refractivity contribution is 0.208. The molecule has 8 heteroatoms. The number of anilines is 1. The monoisotopic (exact) mass is 408 g/mol. The molecule has 0 radical (unpaired) electrons. The Labute approximate surface area is 173 Å². The topological polar surface area (TPSA) is 88.8 Å². The van der Waals surface area contributed by atoms with Crippen molar-refractivity contribution in [3.05, 3.63) is 48.0 Å². The smallest absolute Gasteiger partial charge is 0.191 e. The van der Waals surface area contributed by atoms with Gasteiger partial charge in [0.1, 0.15) is 0 Å². The van der Waals surface area contributed by atoms with Crippen LogP contribution in [0.3, 0.4) is 0 Å². The summed E-state index contributed by atoms with van der Waals surface area (Å²) in [6.45, 7) is 2.15. The van der Waals surface area contributed by atoms with Gasteiger partial charge < -0.3 is 10.4 Å². The summed E-state index contributed by atoms with van der Waals surface area (Å²) in [5.41, 5.74) is 2.77. The van der Waals surface area contributed by atoms with Gasteiger partial charge in [-0.25, -0.2) is 14.6 Å². The van der Waals surface area contributed by atoms with Crippen LogP contribution in [-0.2, 0) is 0 Å². The molecule has 7 nitrogen and oxygen atoms in total. The molecule has 0 aliphatic heterocycles. The van der Waals surface area contributed by atoms with Crippen molar-refractivity contribution < 1.29 is 5.11 Å². The predicted octanol–water partition coefficient (Wildman–Crippen LogP) is 3.55. The first kappa shape index (κ1) is 18.6. The largest absolute Gasteiger partial charge is 0.389 e. The highest BCUT2D eigenvalue weighted by atomic mass is 32.2. The molecule has 2 N–H and O–H groups in total. The molecule has 2 heterocycles. The Bertz CT molecular complexity index is 1040. The van der Waals surface area contributed by atoms with Gasteiger partial charge in [0.2, 0.25) is 0 Å². The van der Waals surface area contributed by atoms with Crippen LogP contribution in [-0.4, -0.2) is 48.0 Å². The molecule has 1 saturated carbocycles. The van der Waals surface area contributed by atoms with Crippen molar-refractivity contribution in [3.63, 3.8) is 0 Å². The molecular weight excluding hydrogens is 384 g/mol. The van der Waals surface area contributed by atoms with Crippen molar-refractivity contribution in [2.75, 3.05) is 11.1 Å². The standard InChI is InChI=1S/C21H24N6OS/c1-2-10-29-21-23-19(22-17-12-16(17)13-6-4-3-5-7-13)18-20(24-21)27(26-25-18)14-8-9-15(28)11-14/h3-9,14-17,28H,2,10-12H2,1H3,(H,22,23,24)/t14-,15+,16-,17?/m0/s1. The van der Waals surface area contributed by atoms with Crippen molar-refractivity contribution in [1.82, 2.24) is 25.0 Å². The molecule has 5 rings (SSSR count). The Hall–Kier alpha value is -2.45. The fraction of sp³-hybridized carbons (Fsp3) is 0.429. The first-order valence-corrected chi connectivity index (χ1v) is 11.1. The Morgan fingerprint density at radius 1 is 1.17 bits per heavy atom. The number of nitrogens with zero attached hydrogens (tertiary/aromatic N) is 5. The fourth-order valence-corrected chi connectivity index (χ4v) is 4.53. The number of thioether (sulfide) groups is 1. The van der Waals surface area contributed by atoms with Crippen LogP contribution in [0.2, 0.25) is 0 Å². The molecule has 0 amide bonds. The number of aromatic nitrogens is 5. The second-order valence-corrected chi connectivity index (χ2v) is 8.73. The molecule has 0 spiro atoms. The predicted molar refractivity (Wildman–Crippen MR) is 114 cm³/mol. The highest BCUT2D eigenvalue weighted by Gasteiger charge is 2.39. The average molecular weight is 409 g/mol. The minimum Gasteiger partial charge on any atom is -0.389 e. The highest BCUT2D eigenvalue weighted by molar-refractivity contribution is 7.99. The third-order valence-electron chi connectivity index (χ3n) is 5.43. The van der Waals surface area contributed by atoms with E-state index in [2.05, 4.69) is 46.8 Å². The van der Waals surface area contributed by atoms with Crippen LogP contribution in [0.4, 0.5) is 5.82 Å². The maximum Gasteiger partial charge on any atom is 0.191 e. The fourth-order valence-electron chi connectivity index (χ4n) is 3.83. The maximum atomic E-state index is 9.86. The second kappa shape index (κ2) is 7.76. The van der Waals surface area contributed by atoms with Gasteiger partial charge in [-0.1, -0.05) is 66.4 Å². The molecule has 2 aliphatic carbocycles. The van der Waals surface area contributed by atoms with Gasteiger partial charge in [-0.15, -0.1) is 5.10 Å². The SMILES string of the molecule is CCCSc1nc(NC2C[C@H]2c2ccccc2)c2nnn([C@H]3C=C[C@@H](O)C3)c2n1. The van der Waals surface area contributed by atoms with E-state index < -0.39 is 6.10 Å². The lowest BCUT2D eigenvalue weighted by Gasteiger charge is -2.11. The van der Waals surface area contributed by atoms with Crippen LogP contribution >= 0.6 is 11.8 Å². The summed E-state index contributed by atoms with van der Waals surface area (Å²) < 4.78 is 1.81. The second-order valence-electron chi connectivity index (χ2n) is 7.67. The zero-order chi connectivity index (χ0) is 19.8. The van der Waals surface area contributed by atoms with Crippen LogP contribution in [0.5, 0.6) is 0 Å². The van der Waals surface area contributed by atoms with Gasteiger partial charge in [-0.05, 0) is 18.4 Å². The summed E-state index contributed by atoms with van der Waals surface area (Å²) in [6.07, 6.45) is 6.08. The summed E-state index contributed by atoms with van der Waals surface area (Å²) >= 11 is 1.65. The number of nitrogens with one attached hydrogen (secondary N) is 1. The van der Waals surface area contributed by atoms with Crippen molar-refractivity contribution in [2.24, 2.45) is 0 Å². The Balaban J connectivity index is 1.46. The highest BCUT2D eigenvalue weighted by Crippen LogP contribution is 2.43. The van der Waals surface area contributed by atoms with Crippen molar-refractivity contribution in [2.45, 2.75) is 55.4 Å². The summed E-state index contributed by atoms with van der Waals surface area (Å²) in [6, 6.07) is 10.9. The van der Waals surface area contributed by atoms with Crippen LogP contribution < -0.4 is 5.32 Å². The van der Waals surface area contributed by atoms with E-state index in [1.807, 2.05) is 16.8 Å². The van der Waals surface area contributed by atoms with E-state index in [0.717, 1.165) is 35.2 Å². The number of aliphatic hydroxyl groups excluding tert-OH is 1. The van der Waals surface area contributed by atoms with Crippen LogP contribution in [0.15, 0.2) is 47.6 Å². The van der Waals surface area contributed by atoms with E-state index in [1.165, 1.54) is 5.56 Å². The quantitative estimate of drug-likeness (QED) is 0.351. The number of allylic oxidation sites excluding steroid dienone is 1. The summed E-state index contributed by atoms with van der Waals surface area (Å²) in [7, 11) is 0. The van der Waals surface area contributed by atoms with Gasteiger partial charge in [0, 0.05) is 24.1 Å². The van der Waals surface area contributed by atoms with E-state index in [9.17, 15) is 5.11 Å². The zero-order valence-electron chi connectivity index (χ0n) is 16.3. The lowest BCUT2D eigenvalue weighted by Crippen LogP contribution is -2.11. The van der Waals surface area contributed by atoms with Gasteiger partial charge in [-0.2, -0.15) is 0 Å². The number of hydrogen-bond donors (Lipinski definition) is 2. The third kappa shape index (κ3) is 3.74. The summed E-state index contributed by atoms with van der Waals surface area (Å²) in [5.74, 6) is 2.21. The van der Waals surface area contributed by atoms with Gasteiger partial charge in [0.15, 0.2) is 22.1 Å². The van der Waals surface area contributed by atoms with E-state index in [-0.39, 0.29) is 6.04 Å². The molecule has 1 unspecified atom stereocenters. The third-order valence-corrected chi connectivity index (χ3v) is 6.48. The molecule has 0 saturated heterocycles. The Kier molecular flexibility index (Phi) is 4.97. The number of benzene rings is 1. The Morgan fingerprint density at radius 3 is 2.79 bits per heavy atom.